The van der Waals surface area contributed by atoms with Crippen molar-refractivity contribution in [2.24, 2.45) is 12.0 Å². The van der Waals surface area contributed by atoms with Gasteiger partial charge in [-0.25, -0.2) is 0 Å². The average Bonchev–Trinajstić information content (AvgIpc) is 3.28. The highest BCUT2D eigenvalue weighted by Gasteiger charge is 2.17. The molecule has 3 heterocycles. The van der Waals surface area contributed by atoms with Crippen molar-refractivity contribution in [2.75, 3.05) is 20.3 Å². The number of amides is 1. The van der Waals surface area contributed by atoms with E-state index < -0.39 is 5.91 Å². The Labute approximate surface area is 163 Å². The number of aryl methyl sites for hydroxylation is 1. The number of furan rings is 1. The second-order valence-electron chi connectivity index (χ2n) is 6.31. The summed E-state index contributed by atoms with van der Waals surface area (Å²) in [6, 6.07) is 11.0. The van der Waals surface area contributed by atoms with E-state index in [1.54, 1.807) is 19.2 Å². The highest BCUT2D eigenvalue weighted by atomic mass is 32.1. The first kappa shape index (κ1) is 16.9. The second-order valence-corrected chi connectivity index (χ2v) is 7.32. The molecule has 0 spiro atoms. The van der Waals surface area contributed by atoms with Gasteiger partial charge in [-0.1, -0.05) is 23.5 Å². The number of rotatable bonds is 2. The van der Waals surface area contributed by atoms with E-state index in [1.807, 2.05) is 35.9 Å². The Morgan fingerprint density at radius 1 is 1.18 bits per heavy atom. The van der Waals surface area contributed by atoms with Gasteiger partial charge in [0, 0.05) is 24.6 Å². The summed E-state index contributed by atoms with van der Waals surface area (Å²) in [5.41, 5.74) is 1.46. The Morgan fingerprint density at radius 3 is 2.75 bits per heavy atom. The van der Waals surface area contributed by atoms with Crippen LogP contribution in [0.1, 0.15) is 10.6 Å². The van der Waals surface area contributed by atoms with Gasteiger partial charge in [-0.2, -0.15) is 4.99 Å². The summed E-state index contributed by atoms with van der Waals surface area (Å²) in [5.74, 6) is 1.72. The predicted molar refractivity (Wildman–Crippen MR) is 104 cm³/mol. The molecule has 142 valence electrons. The Balaban J connectivity index is 1.59. The number of hydrogen-bond donors (Lipinski definition) is 0. The maximum atomic E-state index is 12.7. The van der Waals surface area contributed by atoms with E-state index in [-0.39, 0.29) is 5.76 Å². The first-order valence-corrected chi connectivity index (χ1v) is 9.50. The van der Waals surface area contributed by atoms with Crippen LogP contribution in [0, 0.1) is 0 Å². The molecule has 5 rings (SSSR count). The lowest BCUT2D eigenvalue weighted by Gasteiger charge is -2.18. The summed E-state index contributed by atoms with van der Waals surface area (Å²) >= 11 is 1.41. The summed E-state index contributed by atoms with van der Waals surface area (Å²) in [5, 5.41) is 0.792. The van der Waals surface area contributed by atoms with Crippen molar-refractivity contribution in [3.8, 4) is 17.2 Å². The molecule has 0 saturated carbocycles. The minimum atomic E-state index is -0.447. The van der Waals surface area contributed by atoms with Crippen molar-refractivity contribution in [2.45, 2.75) is 0 Å². The summed E-state index contributed by atoms with van der Waals surface area (Å²) < 4.78 is 25.1. The minimum absolute atomic E-state index is 0.169. The minimum Gasteiger partial charge on any atom is -0.493 e. The SMILES string of the molecule is COc1cccc2cc(C(=O)N=c3sc4cc5c(cc4n3C)OCCO5)oc12. The third-order valence-corrected chi connectivity index (χ3v) is 5.70. The van der Waals surface area contributed by atoms with E-state index in [9.17, 15) is 4.79 Å². The Morgan fingerprint density at radius 2 is 1.96 bits per heavy atom. The number of carbonyl (C=O) groups is 1. The van der Waals surface area contributed by atoms with Crippen LogP contribution in [0.4, 0.5) is 0 Å². The smallest absolute Gasteiger partial charge is 0.315 e. The highest BCUT2D eigenvalue weighted by Crippen LogP contribution is 2.35. The van der Waals surface area contributed by atoms with Gasteiger partial charge in [0.05, 0.1) is 17.3 Å². The number of para-hydroxylation sites is 1. The van der Waals surface area contributed by atoms with E-state index in [4.69, 9.17) is 18.6 Å². The summed E-state index contributed by atoms with van der Waals surface area (Å²) in [4.78, 5) is 17.5. The third kappa shape index (κ3) is 2.65. The molecular formula is C20H16N2O5S. The lowest BCUT2D eigenvalue weighted by Crippen LogP contribution is -2.15. The topological polar surface area (TPSA) is 75.2 Å². The number of nitrogens with zero attached hydrogens (tertiary/aromatic N) is 2. The average molecular weight is 396 g/mol. The molecule has 0 atom stereocenters. The first-order chi connectivity index (χ1) is 13.6. The third-order valence-electron chi connectivity index (χ3n) is 4.61. The van der Waals surface area contributed by atoms with Gasteiger partial charge < -0.3 is 23.2 Å². The van der Waals surface area contributed by atoms with E-state index in [0.29, 0.717) is 40.8 Å². The number of thiazole rings is 1. The molecule has 2 aromatic heterocycles. The van der Waals surface area contributed by atoms with Gasteiger partial charge >= 0.3 is 5.91 Å². The molecule has 4 aromatic rings. The van der Waals surface area contributed by atoms with Crippen molar-refractivity contribution in [3.63, 3.8) is 0 Å². The van der Waals surface area contributed by atoms with E-state index in [0.717, 1.165) is 15.6 Å². The van der Waals surface area contributed by atoms with Crippen molar-refractivity contribution >= 4 is 38.4 Å². The fourth-order valence-corrected chi connectivity index (χ4v) is 4.24. The highest BCUT2D eigenvalue weighted by molar-refractivity contribution is 7.16. The van der Waals surface area contributed by atoms with E-state index in [2.05, 4.69) is 4.99 Å². The van der Waals surface area contributed by atoms with Crippen molar-refractivity contribution in [1.29, 1.82) is 0 Å². The maximum Gasteiger partial charge on any atom is 0.315 e. The molecule has 1 aliphatic rings. The van der Waals surface area contributed by atoms with Crippen LogP contribution in [-0.4, -0.2) is 30.8 Å². The molecule has 0 fully saturated rings. The van der Waals surface area contributed by atoms with Crippen LogP contribution in [0.3, 0.4) is 0 Å². The fourth-order valence-electron chi connectivity index (χ4n) is 3.22. The molecule has 2 aromatic carbocycles. The van der Waals surface area contributed by atoms with E-state index in [1.165, 1.54) is 11.3 Å². The molecule has 1 amide bonds. The number of benzene rings is 2. The maximum absolute atomic E-state index is 12.7. The molecule has 0 unspecified atom stereocenters. The molecule has 8 heteroatoms. The molecule has 28 heavy (non-hydrogen) atoms. The monoisotopic (exact) mass is 396 g/mol. The molecule has 0 radical (unpaired) electrons. The largest absolute Gasteiger partial charge is 0.493 e. The second kappa shape index (κ2) is 6.42. The Bertz CT molecular complexity index is 1300. The molecule has 0 bridgehead atoms. The van der Waals surface area contributed by atoms with E-state index >= 15 is 0 Å². The summed E-state index contributed by atoms with van der Waals surface area (Å²) in [6.45, 7) is 1.05. The summed E-state index contributed by atoms with van der Waals surface area (Å²) in [7, 11) is 3.43. The number of aromatic nitrogens is 1. The standard InChI is InChI=1S/C20H16N2O5S/c1-22-12-9-14-15(26-7-6-25-14)10-17(12)28-20(22)21-19(23)16-8-11-4-3-5-13(24-2)18(11)27-16/h3-5,8-10H,6-7H2,1-2H3. The van der Waals surface area contributed by atoms with Gasteiger partial charge in [-0.15, -0.1) is 0 Å². The van der Waals surface area contributed by atoms with Crippen LogP contribution in [0.5, 0.6) is 17.2 Å². The molecule has 0 aliphatic carbocycles. The van der Waals surface area contributed by atoms with Crippen LogP contribution in [0.2, 0.25) is 0 Å². The molecule has 1 aliphatic heterocycles. The molecule has 7 nitrogen and oxygen atoms in total. The van der Waals surface area contributed by atoms with Crippen molar-refractivity contribution in [3.05, 3.63) is 47.0 Å². The van der Waals surface area contributed by atoms with Crippen LogP contribution < -0.4 is 19.0 Å². The first-order valence-electron chi connectivity index (χ1n) is 8.69. The number of fused-ring (bicyclic) bond motifs is 3. The van der Waals surface area contributed by atoms with Gasteiger partial charge in [0.25, 0.3) is 0 Å². The van der Waals surface area contributed by atoms with Crippen molar-refractivity contribution < 1.29 is 23.4 Å². The number of hydrogen-bond acceptors (Lipinski definition) is 6. The molecular weight excluding hydrogens is 380 g/mol. The van der Waals surface area contributed by atoms with Crippen LogP contribution >= 0.6 is 11.3 Å². The van der Waals surface area contributed by atoms with Gasteiger partial charge in [-0.05, 0) is 12.1 Å². The van der Waals surface area contributed by atoms with Gasteiger partial charge in [0.1, 0.15) is 13.2 Å². The Hall–Kier alpha value is -3.26. The number of carbonyl (C=O) groups excluding carboxylic acids is 1. The zero-order chi connectivity index (χ0) is 19.3. The molecule has 0 saturated heterocycles. The summed E-state index contributed by atoms with van der Waals surface area (Å²) in [6.07, 6.45) is 0. The fraction of sp³-hybridized carbons (Fsp3) is 0.200. The number of ether oxygens (including phenoxy) is 3. The lowest BCUT2D eigenvalue weighted by molar-refractivity contribution is 0.0973. The van der Waals surface area contributed by atoms with Crippen LogP contribution in [0.15, 0.2) is 45.8 Å². The van der Waals surface area contributed by atoms with Gasteiger partial charge in [0.2, 0.25) is 0 Å². The van der Waals surface area contributed by atoms with Gasteiger partial charge in [0.15, 0.2) is 33.4 Å². The van der Waals surface area contributed by atoms with Crippen LogP contribution in [0.25, 0.3) is 21.2 Å². The van der Waals surface area contributed by atoms with Crippen LogP contribution in [-0.2, 0) is 7.05 Å². The zero-order valence-corrected chi connectivity index (χ0v) is 16.0. The Kier molecular flexibility index (Phi) is 3.87. The van der Waals surface area contributed by atoms with Gasteiger partial charge in [-0.3, -0.25) is 4.79 Å². The molecule has 0 N–H and O–H groups in total. The van der Waals surface area contributed by atoms with Crippen molar-refractivity contribution in [1.82, 2.24) is 4.57 Å². The zero-order valence-electron chi connectivity index (χ0n) is 15.2. The normalized spacial score (nSPS) is 14.0. The predicted octanol–water partition coefficient (Wildman–Crippen LogP) is 3.51. The number of methoxy groups -OCH3 is 1. The lowest BCUT2D eigenvalue weighted by atomic mass is 10.2. The quantitative estimate of drug-likeness (QED) is 0.518.